The van der Waals surface area contributed by atoms with Gasteiger partial charge >= 0.3 is 0 Å². The summed E-state index contributed by atoms with van der Waals surface area (Å²) < 4.78 is 1.92. The van der Waals surface area contributed by atoms with Gasteiger partial charge in [0, 0.05) is 22.0 Å². The smallest absolute Gasteiger partial charge is 0.235 e. The van der Waals surface area contributed by atoms with Crippen molar-refractivity contribution in [1.29, 1.82) is 5.26 Å². The first-order valence-corrected chi connectivity index (χ1v) is 14.6. The van der Waals surface area contributed by atoms with E-state index in [4.69, 9.17) is 23.2 Å². The molecule has 190 valence electrons. The maximum atomic E-state index is 12.9. The number of thioether (sulfide) groups is 1. The van der Waals surface area contributed by atoms with Gasteiger partial charge in [0.05, 0.1) is 16.3 Å². The molecule has 0 fully saturated rings. The number of nitrogens with zero attached hydrogens (tertiary/aromatic N) is 4. The van der Waals surface area contributed by atoms with E-state index >= 15 is 0 Å². The lowest BCUT2D eigenvalue weighted by Crippen LogP contribution is -2.28. The average molecular weight is 563 g/mol. The molecule has 0 spiro atoms. The van der Waals surface area contributed by atoms with Crippen molar-refractivity contribution in [1.82, 2.24) is 14.8 Å². The van der Waals surface area contributed by atoms with Crippen LogP contribution in [0.5, 0.6) is 0 Å². The molecule has 6 nitrogen and oxygen atoms in total. The first-order chi connectivity index (χ1) is 17.2. The Balaban J connectivity index is 1.46. The number of benzene rings is 1. The number of halogens is 2. The zero-order valence-electron chi connectivity index (χ0n) is 20.8. The second-order valence-corrected chi connectivity index (χ2v) is 12.5. The number of carbonyl (C=O) groups is 1. The summed E-state index contributed by atoms with van der Waals surface area (Å²) in [5, 5.41) is 23.8. The van der Waals surface area contributed by atoms with Gasteiger partial charge in [-0.15, -0.1) is 21.5 Å². The Morgan fingerprint density at radius 2 is 2.11 bits per heavy atom. The molecule has 10 heteroatoms. The lowest BCUT2D eigenvalue weighted by molar-refractivity contribution is -0.113. The van der Waals surface area contributed by atoms with Crippen LogP contribution in [0.1, 0.15) is 56.5 Å². The van der Waals surface area contributed by atoms with Crippen molar-refractivity contribution in [2.75, 3.05) is 11.1 Å². The number of anilines is 1. The number of rotatable bonds is 8. The number of hydrogen-bond donors (Lipinski definition) is 1. The predicted molar refractivity (Wildman–Crippen MR) is 149 cm³/mol. The molecule has 1 aromatic carbocycles. The van der Waals surface area contributed by atoms with E-state index in [0.717, 1.165) is 36.8 Å². The van der Waals surface area contributed by atoms with Crippen LogP contribution in [0.2, 0.25) is 10.0 Å². The van der Waals surface area contributed by atoms with Crippen molar-refractivity contribution in [3.8, 4) is 17.5 Å². The van der Waals surface area contributed by atoms with Crippen molar-refractivity contribution in [3.05, 3.63) is 44.2 Å². The van der Waals surface area contributed by atoms with E-state index in [0.29, 0.717) is 44.1 Å². The summed E-state index contributed by atoms with van der Waals surface area (Å²) in [6.45, 7) is 9.49. The van der Waals surface area contributed by atoms with Crippen molar-refractivity contribution in [2.24, 2.45) is 11.3 Å². The Labute approximate surface area is 230 Å². The van der Waals surface area contributed by atoms with Gasteiger partial charge in [-0.25, -0.2) is 0 Å². The number of thiophene rings is 1. The molecule has 0 bridgehead atoms. The monoisotopic (exact) mass is 561 g/mol. The molecule has 3 aromatic rings. The third-order valence-electron chi connectivity index (χ3n) is 7.18. The molecule has 1 N–H and O–H groups in total. The minimum absolute atomic E-state index is 0.158. The fourth-order valence-electron chi connectivity index (χ4n) is 4.59. The van der Waals surface area contributed by atoms with Gasteiger partial charge in [-0.05, 0) is 61.3 Å². The molecule has 2 aromatic heterocycles. The molecule has 0 saturated heterocycles. The highest BCUT2D eigenvalue weighted by Gasteiger charge is 2.34. The summed E-state index contributed by atoms with van der Waals surface area (Å²) in [7, 11) is 0. The van der Waals surface area contributed by atoms with Crippen LogP contribution in [-0.4, -0.2) is 26.4 Å². The third-order valence-corrected chi connectivity index (χ3v) is 9.87. The lowest BCUT2D eigenvalue weighted by atomic mass is 9.69. The van der Waals surface area contributed by atoms with E-state index in [9.17, 15) is 10.1 Å². The molecule has 0 radical (unpaired) electrons. The zero-order chi connectivity index (χ0) is 26.0. The molecule has 0 aliphatic heterocycles. The average Bonchev–Trinajstić information content (AvgIpc) is 3.42. The highest BCUT2D eigenvalue weighted by Crippen LogP contribution is 2.45. The SMILES string of the molecule is CCn1c(SCC(=O)Nc2sc3c(c2C#N)CCC(C(C)(C)CC)C3)nnc1-c1ccc(Cl)cc1Cl. The van der Waals surface area contributed by atoms with Crippen molar-refractivity contribution >= 4 is 57.2 Å². The molecule has 36 heavy (non-hydrogen) atoms. The van der Waals surface area contributed by atoms with Crippen LogP contribution >= 0.6 is 46.3 Å². The van der Waals surface area contributed by atoms with Gasteiger partial charge < -0.3 is 9.88 Å². The minimum atomic E-state index is -0.169. The topological polar surface area (TPSA) is 83.6 Å². The van der Waals surface area contributed by atoms with Gasteiger partial charge in [0.2, 0.25) is 5.91 Å². The highest BCUT2D eigenvalue weighted by molar-refractivity contribution is 7.99. The number of hydrogen-bond acceptors (Lipinski definition) is 6. The summed E-state index contributed by atoms with van der Waals surface area (Å²) in [5.74, 6) is 1.20. The predicted octanol–water partition coefficient (Wildman–Crippen LogP) is 7.48. The summed E-state index contributed by atoms with van der Waals surface area (Å²) in [4.78, 5) is 14.1. The molecule has 1 aliphatic rings. The Kier molecular flexibility index (Phi) is 8.35. The van der Waals surface area contributed by atoms with Gasteiger partial charge in [-0.1, -0.05) is 62.2 Å². The molecule has 4 rings (SSSR count). The van der Waals surface area contributed by atoms with Crippen LogP contribution in [0.4, 0.5) is 5.00 Å². The molecule has 1 unspecified atom stereocenters. The Morgan fingerprint density at radius 3 is 2.78 bits per heavy atom. The molecular formula is C26H29Cl2N5OS2. The second-order valence-electron chi connectivity index (χ2n) is 9.61. The fraction of sp³-hybridized carbons (Fsp3) is 0.462. The van der Waals surface area contributed by atoms with Crippen LogP contribution in [-0.2, 0) is 24.2 Å². The molecular weight excluding hydrogens is 533 g/mol. The summed E-state index contributed by atoms with van der Waals surface area (Å²) >= 11 is 15.3. The number of nitrogens with one attached hydrogen (secondary N) is 1. The molecule has 1 aliphatic carbocycles. The maximum absolute atomic E-state index is 12.9. The fourth-order valence-corrected chi connectivity index (χ4v) is 7.18. The van der Waals surface area contributed by atoms with Gasteiger partial charge in [0.1, 0.15) is 11.1 Å². The summed E-state index contributed by atoms with van der Waals surface area (Å²) in [5.41, 5.74) is 2.74. The number of carbonyl (C=O) groups excluding carboxylic acids is 1. The number of nitriles is 1. The largest absolute Gasteiger partial charge is 0.316 e. The maximum Gasteiger partial charge on any atom is 0.235 e. The van der Waals surface area contributed by atoms with Gasteiger partial charge in [-0.2, -0.15) is 5.26 Å². The number of fused-ring (bicyclic) bond motifs is 1. The van der Waals surface area contributed by atoms with Crippen molar-refractivity contribution < 1.29 is 4.79 Å². The standard InChI is InChI=1S/C26H29Cl2N5OS2/c1-5-26(3,4)15-7-9-17-19(13-29)24(36-21(17)11-15)30-22(34)14-35-25-32-31-23(33(25)6-2)18-10-8-16(27)12-20(18)28/h8,10,12,15H,5-7,9,11,14H2,1-4H3,(H,30,34). The van der Waals surface area contributed by atoms with E-state index in [1.165, 1.54) is 16.6 Å². The van der Waals surface area contributed by atoms with Crippen LogP contribution in [0, 0.1) is 22.7 Å². The van der Waals surface area contributed by atoms with Crippen LogP contribution in [0.3, 0.4) is 0 Å². The third kappa shape index (κ3) is 5.45. The zero-order valence-corrected chi connectivity index (χ0v) is 24.0. The normalized spacial score (nSPS) is 15.4. The van der Waals surface area contributed by atoms with Gasteiger partial charge in [0.25, 0.3) is 0 Å². The molecule has 0 saturated carbocycles. The van der Waals surface area contributed by atoms with Crippen LogP contribution in [0.15, 0.2) is 23.4 Å². The molecule has 1 atom stereocenters. The van der Waals surface area contributed by atoms with Crippen LogP contribution in [0.25, 0.3) is 11.4 Å². The minimum Gasteiger partial charge on any atom is -0.316 e. The van der Waals surface area contributed by atoms with E-state index in [-0.39, 0.29) is 17.1 Å². The Hall–Kier alpha value is -2.05. The van der Waals surface area contributed by atoms with Crippen molar-refractivity contribution in [3.63, 3.8) is 0 Å². The van der Waals surface area contributed by atoms with E-state index in [1.54, 1.807) is 23.5 Å². The number of amides is 1. The quantitative estimate of drug-likeness (QED) is 0.288. The molecule has 2 heterocycles. The first-order valence-electron chi connectivity index (χ1n) is 12.0. The lowest BCUT2D eigenvalue weighted by Gasteiger charge is -2.36. The number of aromatic nitrogens is 3. The van der Waals surface area contributed by atoms with Crippen LogP contribution < -0.4 is 5.32 Å². The Bertz CT molecular complexity index is 1320. The highest BCUT2D eigenvalue weighted by atomic mass is 35.5. The van der Waals surface area contributed by atoms with E-state index < -0.39 is 0 Å². The van der Waals surface area contributed by atoms with E-state index in [1.807, 2.05) is 17.6 Å². The van der Waals surface area contributed by atoms with Crippen molar-refractivity contribution in [2.45, 2.75) is 65.1 Å². The second kappa shape index (κ2) is 11.1. The molecule has 1 amide bonds. The first kappa shape index (κ1) is 27.0. The van der Waals surface area contributed by atoms with Gasteiger partial charge in [-0.3, -0.25) is 4.79 Å². The Morgan fingerprint density at radius 1 is 1.33 bits per heavy atom. The van der Waals surface area contributed by atoms with Gasteiger partial charge in [0.15, 0.2) is 11.0 Å². The summed E-state index contributed by atoms with van der Waals surface area (Å²) in [6, 6.07) is 7.59. The summed E-state index contributed by atoms with van der Waals surface area (Å²) in [6.07, 6.45) is 4.06. The van der Waals surface area contributed by atoms with E-state index in [2.05, 4.69) is 42.4 Å².